The monoisotopic (exact) mass is 169 g/mol. The molecule has 12 heavy (non-hydrogen) atoms. The standard InChI is InChI=1S/C12H25/c1-6-8-12(7-2)11(5)9-10(3)4/h10,12H,6-9H2,1-5H3. The van der Waals surface area contributed by atoms with E-state index in [2.05, 4.69) is 34.6 Å². The normalized spacial score (nSPS) is 14.2. The SMILES string of the molecule is CCCC(CC)[C](C)CC(C)C. The van der Waals surface area contributed by atoms with Crippen LogP contribution in [-0.4, -0.2) is 0 Å². The van der Waals surface area contributed by atoms with Crippen LogP contribution >= 0.6 is 0 Å². The molecule has 0 bridgehead atoms. The summed E-state index contributed by atoms with van der Waals surface area (Å²) >= 11 is 0. The van der Waals surface area contributed by atoms with Gasteiger partial charge >= 0.3 is 0 Å². The van der Waals surface area contributed by atoms with Crippen molar-refractivity contribution in [3.63, 3.8) is 0 Å². The van der Waals surface area contributed by atoms with E-state index in [9.17, 15) is 0 Å². The van der Waals surface area contributed by atoms with Crippen molar-refractivity contribution in [2.45, 2.75) is 60.3 Å². The third kappa shape index (κ3) is 4.79. The first-order chi connectivity index (χ1) is 5.61. The minimum Gasteiger partial charge on any atom is -0.0654 e. The van der Waals surface area contributed by atoms with E-state index in [1.54, 1.807) is 5.92 Å². The van der Waals surface area contributed by atoms with E-state index >= 15 is 0 Å². The fourth-order valence-corrected chi connectivity index (χ4v) is 1.96. The molecule has 0 aromatic carbocycles. The molecule has 0 N–H and O–H groups in total. The van der Waals surface area contributed by atoms with E-state index in [1.807, 2.05) is 0 Å². The molecular formula is C12H25. The van der Waals surface area contributed by atoms with Crippen molar-refractivity contribution in [3.8, 4) is 0 Å². The van der Waals surface area contributed by atoms with Crippen molar-refractivity contribution in [2.24, 2.45) is 11.8 Å². The highest BCUT2D eigenvalue weighted by molar-refractivity contribution is 4.91. The summed E-state index contributed by atoms with van der Waals surface area (Å²) < 4.78 is 0. The molecule has 0 aromatic heterocycles. The van der Waals surface area contributed by atoms with Crippen molar-refractivity contribution >= 4 is 0 Å². The molecule has 0 spiro atoms. The van der Waals surface area contributed by atoms with Crippen molar-refractivity contribution in [2.75, 3.05) is 0 Å². The van der Waals surface area contributed by atoms with E-state index < -0.39 is 0 Å². The van der Waals surface area contributed by atoms with Gasteiger partial charge in [-0.3, -0.25) is 0 Å². The second-order valence-corrected chi connectivity index (χ2v) is 4.34. The van der Waals surface area contributed by atoms with Gasteiger partial charge < -0.3 is 0 Å². The van der Waals surface area contributed by atoms with Gasteiger partial charge in [-0.05, 0) is 24.2 Å². The van der Waals surface area contributed by atoms with E-state index in [0.29, 0.717) is 0 Å². The van der Waals surface area contributed by atoms with Crippen molar-refractivity contribution in [1.29, 1.82) is 0 Å². The molecule has 0 amide bonds. The molecule has 73 valence electrons. The Morgan fingerprint density at radius 3 is 2.08 bits per heavy atom. The van der Waals surface area contributed by atoms with Crippen LogP contribution in [0.15, 0.2) is 0 Å². The predicted molar refractivity (Wildman–Crippen MR) is 57.1 cm³/mol. The lowest BCUT2D eigenvalue weighted by atomic mass is 9.83. The number of hydrogen-bond acceptors (Lipinski definition) is 0. The molecule has 0 aliphatic heterocycles. The zero-order valence-electron chi connectivity index (χ0n) is 9.48. The topological polar surface area (TPSA) is 0 Å². The molecule has 0 saturated carbocycles. The van der Waals surface area contributed by atoms with Crippen LogP contribution in [0.3, 0.4) is 0 Å². The van der Waals surface area contributed by atoms with Crippen LogP contribution < -0.4 is 0 Å². The van der Waals surface area contributed by atoms with Gasteiger partial charge in [0.1, 0.15) is 0 Å². The maximum atomic E-state index is 2.34. The van der Waals surface area contributed by atoms with Gasteiger partial charge in [0.2, 0.25) is 0 Å². The minimum atomic E-state index is 0.830. The molecule has 1 atom stereocenters. The zero-order chi connectivity index (χ0) is 9.56. The predicted octanol–water partition coefficient (Wildman–Crippen LogP) is 4.45. The van der Waals surface area contributed by atoms with Gasteiger partial charge in [-0.2, -0.15) is 0 Å². The first kappa shape index (κ1) is 12.0. The Kier molecular flexibility index (Phi) is 6.51. The van der Waals surface area contributed by atoms with E-state index in [4.69, 9.17) is 0 Å². The molecule has 0 fully saturated rings. The lowest BCUT2D eigenvalue weighted by Gasteiger charge is -2.23. The lowest BCUT2D eigenvalue weighted by molar-refractivity contribution is 0.426. The number of rotatable bonds is 6. The summed E-state index contributed by atoms with van der Waals surface area (Å²) in [6.07, 6.45) is 5.36. The van der Waals surface area contributed by atoms with Gasteiger partial charge in [0.05, 0.1) is 0 Å². The van der Waals surface area contributed by atoms with Crippen molar-refractivity contribution in [3.05, 3.63) is 5.92 Å². The van der Waals surface area contributed by atoms with Gasteiger partial charge in [0.15, 0.2) is 0 Å². The highest BCUT2D eigenvalue weighted by atomic mass is 14.2. The maximum Gasteiger partial charge on any atom is -0.0239 e. The van der Waals surface area contributed by atoms with E-state index in [0.717, 1.165) is 11.8 Å². The smallest absolute Gasteiger partial charge is 0.0239 e. The molecule has 1 radical (unpaired) electrons. The summed E-state index contributed by atoms with van der Waals surface area (Å²) in [5.41, 5.74) is 0. The largest absolute Gasteiger partial charge is 0.0654 e. The summed E-state index contributed by atoms with van der Waals surface area (Å²) in [6, 6.07) is 0. The maximum absolute atomic E-state index is 2.34. The quantitative estimate of drug-likeness (QED) is 0.551. The lowest BCUT2D eigenvalue weighted by Crippen LogP contribution is -2.10. The fraction of sp³-hybridized carbons (Fsp3) is 0.917. The van der Waals surface area contributed by atoms with Crippen LogP contribution in [0.4, 0.5) is 0 Å². The van der Waals surface area contributed by atoms with Gasteiger partial charge in [-0.15, -0.1) is 0 Å². The Morgan fingerprint density at radius 2 is 1.75 bits per heavy atom. The Labute approximate surface area is 78.8 Å². The molecule has 0 saturated heterocycles. The molecule has 0 rings (SSSR count). The molecule has 0 heterocycles. The Balaban J connectivity index is 3.76. The Morgan fingerprint density at radius 1 is 1.17 bits per heavy atom. The van der Waals surface area contributed by atoms with Gasteiger partial charge in [0, 0.05) is 0 Å². The van der Waals surface area contributed by atoms with Crippen molar-refractivity contribution in [1.82, 2.24) is 0 Å². The molecular weight excluding hydrogens is 144 g/mol. The second-order valence-electron chi connectivity index (χ2n) is 4.34. The summed E-state index contributed by atoms with van der Waals surface area (Å²) in [4.78, 5) is 0. The summed E-state index contributed by atoms with van der Waals surface area (Å²) in [7, 11) is 0. The van der Waals surface area contributed by atoms with Gasteiger partial charge in [-0.25, -0.2) is 0 Å². The minimum absolute atomic E-state index is 0.830. The second kappa shape index (κ2) is 6.51. The third-order valence-corrected chi connectivity index (χ3v) is 2.56. The van der Waals surface area contributed by atoms with Crippen LogP contribution in [-0.2, 0) is 0 Å². The molecule has 0 aromatic rings. The molecule has 0 aliphatic rings. The van der Waals surface area contributed by atoms with Crippen molar-refractivity contribution < 1.29 is 0 Å². The van der Waals surface area contributed by atoms with Gasteiger partial charge in [0.25, 0.3) is 0 Å². The average Bonchev–Trinajstić information content (AvgIpc) is 1.98. The van der Waals surface area contributed by atoms with E-state index in [1.165, 1.54) is 25.7 Å². The average molecular weight is 169 g/mol. The van der Waals surface area contributed by atoms with Crippen LogP contribution in [0, 0.1) is 17.8 Å². The summed E-state index contributed by atoms with van der Waals surface area (Å²) in [6.45, 7) is 11.5. The van der Waals surface area contributed by atoms with Gasteiger partial charge in [-0.1, -0.05) is 53.9 Å². The Hall–Kier alpha value is 0. The first-order valence-corrected chi connectivity index (χ1v) is 5.44. The number of hydrogen-bond donors (Lipinski definition) is 0. The molecule has 0 heteroatoms. The van der Waals surface area contributed by atoms with Crippen LogP contribution in [0.1, 0.15) is 60.3 Å². The third-order valence-electron chi connectivity index (χ3n) is 2.56. The van der Waals surface area contributed by atoms with Crippen LogP contribution in [0.5, 0.6) is 0 Å². The van der Waals surface area contributed by atoms with E-state index in [-0.39, 0.29) is 0 Å². The molecule has 1 unspecified atom stereocenters. The highest BCUT2D eigenvalue weighted by Gasteiger charge is 2.15. The fourth-order valence-electron chi connectivity index (χ4n) is 1.96. The van der Waals surface area contributed by atoms with Crippen LogP contribution in [0.2, 0.25) is 0 Å². The first-order valence-electron chi connectivity index (χ1n) is 5.44. The summed E-state index contributed by atoms with van der Waals surface area (Å²) in [5, 5.41) is 0. The Bertz CT molecular complexity index is 94.2. The highest BCUT2D eigenvalue weighted by Crippen LogP contribution is 2.28. The van der Waals surface area contributed by atoms with Crippen LogP contribution in [0.25, 0.3) is 0 Å². The summed E-state index contributed by atoms with van der Waals surface area (Å²) in [5.74, 6) is 3.43. The molecule has 0 nitrogen and oxygen atoms in total. The zero-order valence-corrected chi connectivity index (χ0v) is 9.48. The molecule has 0 aliphatic carbocycles.